The zero-order valence-electron chi connectivity index (χ0n) is 16.4. The molecule has 4 heteroatoms. The van der Waals surface area contributed by atoms with E-state index in [4.69, 9.17) is 0 Å². The summed E-state index contributed by atoms with van der Waals surface area (Å²) in [5.74, 6) is 0.319. The minimum absolute atomic E-state index is 0.102. The van der Waals surface area contributed by atoms with Gasteiger partial charge in [-0.3, -0.25) is 9.80 Å². The molecule has 2 N–H and O–H groups in total. The summed E-state index contributed by atoms with van der Waals surface area (Å²) in [5, 5.41) is 21.1. The molecule has 28 heavy (non-hydrogen) atoms. The van der Waals surface area contributed by atoms with Crippen LogP contribution in [0.15, 0.2) is 48.5 Å². The predicted octanol–water partition coefficient (Wildman–Crippen LogP) is 3.44. The van der Waals surface area contributed by atoms with Gasteiger partial charge in [-0.25, -0.2) is 0 Å². The van der Waals surface area contributed by atoms with Crippen molar-refractivity contribution in [3.63, 3.8) is 0 Å². The number of phenolic OH excluding ortho intramolecular Hbond substituents is 1. The van der Waals surface area contributed by atoms with E-state index in [1.165, 1.54) is 29.5 Å². The third-order valence-electron chi connectivity index (χ3n) is 7.31. The zero-order valence-corrected chi connectivity index (χ0v) is 16.4. The van der Waals surface area contributed by atoms with Gasteiger partial charge < -0.3 is 10.2 Å². The first kappa shape index (κ1) is 18.2. The van der Waals surface area contributed by atoms with Gasteiger partial charge in [0.1, 0.15) is 5.75 Å². The summed E-state index contributed by atoms with van der Waals surface area (Å²) >= 11 is 0. The number of aromatic hydroxyl groups is 1. The molecule has 2 aliphatic heterocycles. The van der Waals surface area contributed by atoms with Gasteiger partial charge in [0.15, 0.2) is 0 Å². The Hall–Kier alpha value is -1.88. The number of hydrogen-bond donors (Lipinski definition) is 2. The molecule has 1 spiro atoms. The average Bonchev–Trinajstić information content (AvgIpc) is 3.32. The van der Waals surface area contributed by atoms with Crippen molar-refractivity contribution in [1.82, 2.24) is 9.80 Å². The molecule has 5 rings (SSSR count). The highest BCUT2D eigenvalue weighted by molar-refractivity contribution is 5.45. The van der Waals surface area contributed by atoms with Crippen LogP contribution in [0.5, 0.6) is 5.75 Å². The van der Waals surface area contributed by atoms with Crippen molar-refractivity contribution in [1.29, 1.82) is 0 Å². The van der Waals surface area contributed by atoms with E-state index < -0.39 is 0 Å². The molecule has 4 nitrogen and oxygen atoms in total. The number of benzene rings is 2. The Bertz CT molecular complexity index is 821. The Morgan fingerprint density at radius 2 is 1.57 bits per heavy atom. The molecule has 0 unspecified atom stereocenters. The molecule has 0 saturated carbocycles. The van der Waals surface area contributed by atoms with Gasteiger partial charge in [-0.05, 0) is 80.7 Å². The van der Waals surface area contributed by atoms with Crippen LogP contribution in [0, 0.1) is 0 Å². The summed E-state index contributed by atoms with van der Waals surface area (Å²) in [7, 11) is 0. The van der Waals surface area contributed by atoms with Crippen LogP contribution in [0.25, 0.3) is 0 Å². The number of likely N-dealkylation sites (tertiary alicyclic amines) is 2. The van der Waals surface area contributed by atoms with Crippen molar-refractivity contribution < 1.29 is 10.2 Å². The highest BCUT2D eigenvalue weighted by atomic mass is 16.3. The molecular formula is C24H30N2O2. The van der Waals surface area contributed by atoms with E-state index in [-0.39, 0.29) is 17.6 Å². The lowest BCUT2D eigenvalue weighted by atomic mass is 9.72. The number of nitrogens with zero attached hydrogens (tertiary/aromatic N) is 2. The minimum atomic E-state index is -0.307. The standard InChI is InChI=1S/C24H30N2O2/c27-19-9-7-18(8-10-19)17-25-15-11-24(12-16-25)21-6-2-1-5-20(21)22(23(24)28)26-13-3-4-14-26/h1-2,5-10,22-23,27-28H,3-4,11-17H2/t22-,23+/m1/s1. The SMILES string of the molecule is Oc1ccc(CN2CCC3(CC2)c2ccccc2[C@@H](N2CCCC2)[C@@H]3O)cc1. The molecule has 2 atom stereocenters. The summed E-state index contributed by atoms with van der Waals surface area (Å²) in [6.45, 7) is 5.12. The molecule has 2 aromatic carbocycles. The summed E-state index contributed by atoms with van der Waals surface area (Å²) in [5.41, 5.74) is 3.89. The maximum Gasteiger partial charge on any atom is 0.115 e. The van der Waals surface area contributed by atoms with Crippen LogP contribution < -0.4 is 0 Å². The Morgan fingerprint density at radius 1 is 0.893 bits per heavy atom. The monoisotopic (exact) mass is 378 g/mol. The molecule has 2 heterocycles. The average molecular weight is 379 g/mol. The molecule has 1 aliphatic carbocycles. The molecule has 2 saturated heterocycles. The lowest BCUT2D eigenvalue weighted by Crippen LogP contribution is -2.49. The Morgan fingerprint density at radius 3 is 2.29 bits per heavy atom. The normalized spacial score (nSPS) is 27.3. The lowest BCUT2D eigenvalue weighted by molar-refractivity contribution is -0.0104. The van der Waals surface area contributed by atoms with Crippen molar-refractivity contribution >= 4 is 0 Å². The van der Waals surface area contributed by atoms with Crippen LogP contribution in [0.1, 0.15) is 48.4 Å². The summed E-state index contributed by atoms with van der Waals surface area (Å²) in [6, 6.07) is 16.5. The van der Waals surface area contributed by atoms with Crippen LogP contribution in [0.4, 0.5) is 0 Å². The Kier molecular flexibility index (Phi) is 4.66. The van der Waals surface area contributed by atoms with Crippen LogP contribution in [-0.2, 0) is 12.0 Å². The lowest BCUT2D eigenvalue weighted by Gasteiger charge is -2.43. The van der Waals surface area contributed by atoms with Gasteiger partial charge >= 0.3 is 0 Å². The van der Waals surface area contributed by atoms with E-state index in [2.05, 4.69) is 34.1 Å². The molecule has 148 valence electrons. The van der Waals surface area contributed by atoms with Gasteiger partial charge in [-0.15, -0.1) is 0 Å². The highest BCUT2D eigenvalue weighted by Gasteiger charge is 2.54. The number of aliphatic hydroxyl groups excluding tert-OH is 1. The Balaban J connectivity index is 1.36. The molecule has 2 fully saturated rings. The summed E-state index contributed by atoms with van der Waals surface area (Å²) in [6.07, 6.45) is 4.21. The fourth-order valence-corrected chi connectivity index (χ4v) is 5.79. The summed E-state index contributed by atoms with van der Waals surface area (Å²) < 4.78 is 0. The second-order valence-corrected chi connectivity index (χ2v) is 8.82. The van der Waals surface area contributed by atoms with Gasteiger partial charge in [-0.2, -0.15) is 0 Å². The first-order chi connectivity index (χ1) is 13.7. The Labute approximate surface area is 167 Å². The van der Waals surface area contributed by atoms with Gasteiger partial charge in [0, 0.05) is 12.0 Å². The second kappa shape index (κ2) is 7.18. The van der Waals surface area contributed by atoms with E-state index in [0.29, 0.717) is 5.75 Å². The van der Waals surface area contributed by atoms with Crippen molar-refractivity contribution in [2.45, 2.75) is 49.8 Å². The quantitative estimate of drug-likeness (QED) is 0.859. The molecule has 2 aromatic rings. The first-order valence-electron chi connectivity index (χ1n) is 10.7. The van der Waals surface area contributed by atoms with Crippen molar-refractivity contribution in [3.8, 4) is 5.75 Å². The number of aliphatic hydroxyl groups is 1. The van der Waals surface area contributed by atoms with Crippen LogP contribution in [0.2, 0.25) is 0 Å². The van der Waals surface area contributed by atoms with E-state index >= 15 is 0 Å². The van der Waals surface area contributed by atoms with Crippen LogP contribution >= 0.6 is 0 Å². The molecule has 3 aliphatic rings. The maximum atomic E-state index is 11.6. The van der Waals surface area contributed by atoms with Gasteiger partial charge in [0.05, 0.1) is 12.1 Å². The number of phenols is 1. The van der Waals surface area contributed by atoms with Crippen LogP contribution in [0.3, 0.4) is 0 Å². The topological polar surface area (TPSA) is 46.9 Å². The van der Waals surface area contributed by atoms with Crippen molar-refractivity contribution in [3.05, 3.63) is 65.2 Å². The largest absolute Gasteiger partial charge is 0.508 e. The molecule has 0 aromatic heterocycles. The first-order valence-corrected chi connectivity index (χ1v) is 10.7. The summed E-state index contributed by atoms with van der Waals surface area (Å²) in [4.78, 5) is 5.00. The second-order valence-electron chi connectivity index (χ2n) is 8.82. The van der Waals surface area contributed by atoms with E-state index in [1.54, 1.807) is 12.1 Å². The number of fused-ring (bicyclic) bond motifs is 2. The van der Waals surface area contributed by atoms with Crippen molar-refractivity contribution in [2.75, 3.05) is 26.2 Å². The van der Waals surface area contributed by atoms with Gasteiger partial charge in [0.25, 0.3) is 0 Å². The minimum Gasteiger partial charge on any atom is -0.508 e. The molecule has 0 radical (unpaired) electrons. The van der Waals surface area contributed by atoms with E-state index in [0.717, 1.165) is 45.6 Å². The fraction of sp³-hybridized carbons (Fsp3) is 0.500. The smallest absolute Gasteiger partial charge is 0.115 e. The van der Waals surface area contributed by atoms with E-state index in [9.17, 15) is 10.2 Å². The van der Waals surface area contributed by atoms with Gasteiger partial charge in [0.2, 0.25) is 0 Å². The zero-order chi connectivity index (χ0) is 19.1. The molecule has 0 amide bonds. The molecular weight excluding hydrogens is 348 g/mol. The van der Waals surface area contributed by atoms with E-state index in [1.807, 2.05) is 12.1 Å². The van der Waals surface area contributed by atoms with Gasteiger partial charge in [-0.1, -0.05) is 36.4 Å². The third-order valence-corrected chi connectivity index (χ3v) is 7.31. The fourth-order valence-electron chi connectivity index (χ4n) is 5.79. The number of rotatable bonds is 3. The maximum absolute atomic E-state index is 11.6. The number of hydrogen-bond acceptors (Lipinski definition) is 4. The van der Waals surface area contributed by atoms with Crippen molar-refractivity contribution in [2.24, 2.45) is 0 Å². The third kappa shape index (κ3) is 2.95. The molecule has 0 bridgehead atoms. The van der Waals surface area contributed by atoms with Crippen LogP contribution in [-0.4, -0.2) is 52.3 Å². The number of piperidine rings is 1. The highest BCUT2D eigenvalue weighted by Crippen LogP contribution is 2.53. The predicted molar refractivity (Wildman–Crippen MR) is 110 cm³/mol.